The van der Waals surface area contributed by atoms with Crippen LogP contribution in [0.1, 0.15) is 38.6 Å². The van der Waals surface area contributed by atoms with Crippen LogP contribution < -0.4 is 10.1 Å². The summed E-state index contributed by atoms with van der Waals surface area (Å²) >= 11 is 6.96. The van der Waals surface area contributed by atoms with Crippen molar-refractivity contribution < 1.29 is 18.7 Å². The Balaban J connectivity index is 1.61. The van der Waals surface area contributed by atoms with E-state index in [0.29, 0.717) is 32.2 Å². The van der Waals surface area contributed by atoms with Crippen molar-refractivity contribution in [2.24, 2.45) is 0 Å². The average Bonchev–Trinajstić information content (AvgIpc) is 3.21. The monoisotopic (exact) mass is 390 g/mol. The Bertz CT molecular complexity index is 947. The van der Waals surface area contributed by atoms with E-state index < -0.39 is 5.91 Å². The number of aromatic nitrogens is 1. The predicted molar refractivity (Wildman–Crippen MR) is 99.3 cm³/mol. The first-order valence-electron chi connectivity index (χ1n) is 7.69. The van der Waals surface area contributed by atoms with Gasteiger partial charge in [-0.05, 0) is 43.3 Å². The highest BCUT2D eigenvalue weighted by Gasteiger charge is 2.16. The molecule has 0 aliphatic rings. The lowest BCUT2D eigenvalue weighted by Gasteiger charge is -2.03. The molecule has 0 saturated carbocycles. The van der Waals surface area contributed by atoms with E-state index in [9.17, 15) is 9.59 Å². The number of aryl methyl sites for hydroxylation is 1. The van der Waals surface area contributed by atoms with Gasteiger partial charge in [-0.3, -0.25) is 14.9 Å². The Morgan fingerprint density at radius 2 is 1.96 bits per heavy atom. The number of carbonyl (C=O) groups is 2. The highest BCUT2D eigenvalue weighted by atomic mass is 35.5. The fraction of sp³-hybridized carbons (Fsp3) is 0.167. The van der Waals surface area contributed by atoms with Crippen LogP contribution in [0.3, 0.4) is 0 Å². The number of rotatable bonds is 6. The third-order valence-corrected chi connectivity index (χ3v) is 4.84. The number of carbonyl (C=O) groups excluding carboxylic acids is 2. The molecule has 26 heavy (non-hydrogen) atoms. The molecule has 0 atom stereocenters. The summed E-state index contributed by atoms with van der Waals surface area (Å²) < 4.78 is 11.1. The van der Waals surface area contributed by atoms with Gasteiger partial charge in [-0.2, -0.15) is 0 Å². The molecule has 1 N–H and O–H groups in total. The normalized spacial score (nSPS) is 10.6. The molecule has 3 aromatic rings. The topological polar surface area (TPSA) is 81.4 Å². The molecule has 6 nitrogen and oxygen atoms in total. The van der Waals surface area contributed by atoms with Gasteiger partial charge in [-0.1, -0.05) is 22.9 Å². The number of halogens is 1. The molecule has 0 aliphatic carbocycles. The maximum Gasteiger partial charge on any atom is 0.293 e. The molecule has 0 spiro atoms. The van der Waals surface area contributed by atoms with Crippen LogP contribution in [-0.2, 0) is 6.61 Å². The zero-order chi connectivity index (χ0) is 18.7. The van der Waals surface area contributed by atoms with Gasteiger partial charge in [0.15, 0.2) is 16.7 Å². The van der Waals surface area contributed by atoms with Crippen molar-refractivity contribution >= 4 is 39.8 Å². The SMILES string of the molecule is CC(=O)c1sc(NC(=O)c2ccc(COc3ccc(Cl)cc3)o2)nc1C. The second kappa shape index (κ2) is 7.72. The van der Waals surface area contributed by atoms with Crippen LogP contribution in [-0.4, -0.2) is 16.7 Å². The smallest absolute Gasteiger partial charge is 0.293 e. The lowest BCUT2D eigenvalue weighted by Crippen LogP contribution is -2.10. The van der Waals surface area contributed by atoms with Crippen molar-refractivity contribution in [3.05, 3.63) is 63.5 Å². The fourth-order valence-electron chi connectivity index (χ4n) is 2.20. The van der Waals surface area contributed by atoms with E-state index in [-0.39, 0.29) is 18.2 Å². The highest BCUT2D eigenvalue weighted by molar-refractivity contribution is 7.17. The van der Waals surface area contributed by atoms with E-state index in [4.69, 9.17) is 20.8 Å². The second-order valence-corrected chi connectivity index (χ2v) is 6.89. The van der Waals surface area contributed by atoms with Gasteiger partial charge in [0.25, 0.3) is 5.91 Å². The van der Waals surface area contributed by atoms with Crippen molar-refractivity contribution in [2.75, 3.05) is 5.32 Å². The number of furan rings is 1. The van der Waals surface area contributed by atoms with E-state index >= 15 is 0 Å². The van der Waals surface area contributed by atoms with E-state index in [1.807, 2.05) is 0 Å². The van der Waals surface area contributed by atoms with Crippen LogP contribution in [0.5, 0.6) is 5.75 Å². The van der Waals surface area contributed by atoms with E-state index in [2.05, 4.69) is 10.3 Å². The number of ketones is 1. The molecule has 2 aromatic heterocycles. The van der Waals surface area contributed by atoms with Gasteiger partial charge in [0, 0.05) is 11.9 Å². The maximum absolute atomic E-state index is 12.3. The quantitative estimate of drug-likeness (QED) is 0.615. The molecule has 1 aromatic carbocycles. The third kappa shape index (κ3) is 4.30. The Morgan fingerprint density at radius 1 is 1.23 bits per heavy atom. The summed E-state index contributed by atoms with van der Waals surface area (Å²) in [4.78, 5) is 28.4. The number of Topliss-reactive ketones (excluding diaryl/α,β-unsaturated/α-hetero) is 1. The molecular weight excluding hydrogens is 376 g/mol. The zero-order valence-corrected chi connectivity index (χ0v) is 15.6. The van der Waals surface area contributed by atoms with Crippen LogP contribution in [0, 0.1) is 6.92 Å². The molecule has 0 aliphatic heterocycles. The molecule has 1 amide bonds. The Labute approximate surface area is 158 Å². The van der Waals surface area contributed by atoms with Crippen LogP contribution >= 0.6 is 22.9 Å². The van der Waals surface area contributed by atoms with Gasteiger partial charge < -0.3 is 9.15 Å². The van der Waals surface area contributed by atoms with Gasteiger partial charge in [-0.15, -0.1) is 0 Å². The van der Waals surface area contributed by atoms with Gasteiger partial charge >= 0.3 is 0 Å². The Morgan fingerprint density at radius 3 is 2.62 bits per heavy atom. The summed E-state index contributed by atoms with van der Waals surface area (Å²) in [6.45, 7) is 3.37. The molecule has 0 radical (unpaired) electrons. The number of benzene rings is 1. The number of hydrogen-bond donors (Lipinski definition) is 1. The minimum absolute atomic E-state index is 0.0832. The molecule has 134 valence electrons. The van der Waals surface area contributed by atoms with Gasteiger partial charge in [0.2, 0.25) is 0 Å². The third-order valence-electron chi connectivity index (χ3n) is 3.42. The van der Waals surface area contributed by atoms with Crippen LogP contribution in [0.25, 0.3) is 0 Å². The molecule has 2 heterocycles. The van der Waals surface area contributed by atoms with E-state index in [1.54, 1.807) is 43.3 Å². The minimum Gasteiger partial charge on any atom is -0.486 e. The van der Waals surface area contributed by atoms with Crippen LogP contribution in [0.15, 0.2) is 40.8 Å². The summed E-state index contributed by atoms with van der Waals surface area (Å²) in [5.41, 5.74) is 0.592. The number of amides is 1. The first-order chi connectivity index (χ1) is 12.4. The van der Waals surface area contributed by atoms with Crippen molar-refractivity contribution in [2.45, 2.75) is 20.5 Å². The lowest BCUT2D eigenvalue weighted by atomic mass is 10.3. The summed E-state index contributed by atoms with van der Waals surface area (Å²) in [6, 6.07) is 10.2. The zero-order valence-electron chi connectivity index (χ0n) is 14.0. The summed E-state index contributed by atoms with van der Waals surface area (Å²) in [7, 11) is 0. The largest absolute Gasteiger partial charge is 0.486 e. The molecule has 8 heteroatoms. The number of ether oxygens (including phenoxy) is 1. The van der Waals surface area contributed by atoms with E-state index in [0.717, 1.165) is 11.3 Å². The van der Waals surface area contributed by atoms with Gasteiger partial charge in [0.1, 0.15) is 18.1 Å². The number of hydrogen-bond acceptors (Lipinski definition) is 6. The minimum atomic E-state index is -0.438. The molecule has 0 saturated heterocycles. The highest BCUT2D eigenvalue weighted by Crippen LogP contribution is 2.24. The van der Waals surface area contributed by atoms with Crippen molar-refractivity contribution in [1.82, 2.24) is 4.98 Å². The summed E-state index contributed by atoms with van der Waals surface area (Å²) in [6.07, 6.45) is 0. The molecular formula is C18H15ClN2O4S. The molecule has 0 unspecified atom stereocenters. The number of thiazole rings is 1. The number of anilines is 1. The fourth-order valence-corrected chi connectivity index (χ4v) is 3.18. The first-order valence-corrected chi connectivity index (χ1v) is 8.88. The summed E-state index contributed by atoms with van der Waals surface area (Å²) in [5, 5.41) is 3.61. The average molecular weight is 391 g/mol. The standard InChI is InChI=1S/C18H15ClN2O4S/c1-10-16(11(2)22)26-18(20-10)21-17(23)15-8-7-14(25-15)9-24-13-5-3-12(19)4-6-13/h3-8H,9H2,1-2H3,(H,20,21,23). The molecule has 3 rings (SSSR count). The van der Waals surface area contributed by atoms with Crippen molar-refractivity contribution in [3.8, 4) is 5.75 Å². The Kier molecular flexibility index (Phi) is 5.39. The predicted octanol–water partition coefficient (Wildman–Crippen LogP) is 4.73. The van der Waals surface area contributed by atoms with Crippen LogP contribution in [0.2, 0.25) is 5.02 Å². The van der Waals surface area contributed by atoms with Crippen molar-refractivity contribution in [3.63, 3.8) is 0 Å². The second-order valence-electron chi connectivity index (χ2n) is 5.45. The Hall–Kier alpha value is -2.64. The number of nitrogens with zero attached hydrogens (tertiary/aromatic N) is 1. The summed E-state index contributed by atoms with van der Waals surface area (Å²) in [5.74, 6) is 0.764. The first kappa shape index (κ1) is 18.2. The van der Waals surface area contributed by atoms with Gasteiger partial charge in [0.05, 0.1) is 10.6 Å². The van der Waals surface area contributed by atoms with E-state index in [1.165, 1.54) is 6.92 Å². The maximum atomic E-state index is 12.3. The molecule has 0 fully saturated rings. The van der Waals surface area contributed by atoms with Gasteiger partial charge in [-0.25, -0.2) is 4.98 Å². The molecule has 0 bridgehead atoms. The number of nitrogens with one attached hydrogen (secondary N) is 1. The lowest BCUT2D eigenvalue weighted by molar-refractivity contribution is 0.0990. The van der Waals surface area contributed by atoms with Crippen LogP contribution in [0.4, 0.5) is 5.13 Å². The van der Waals surface area contributed by atoms with Crippen molar-refractivity contribution in [1.29, 1.82) is 0 Å².